The molecule has 2 saturated heterocycles. The minimum absolute atomic E-state index is 0.0706. The molecule has 2 aromatic rings. The molecule has 14 heteroatoms. The van der Waals surface area contributed by atoms with E-state index in [1.807, 2.05) is 0 Å². The van der Waals surface area contributed by atoms with Gasteiger partial charge in [-0.1, -0.05) is 12.1 Å². The lowest BCUT2D eigenvalue weighted by atomic mass is 9.97. The average Bonchev–Trinajstić information content (AvgIpc) is 2.93. The smallest absolute Gasteiger partial charge is 0.229 e. The molecule has 9 N–H and O–H groups in total. The maximum absolute atomic E-state index is 12.7. The number of aryl methyl sites for hydroxylation is 1. The number of hydrogen-bond donors (Lipinski definition) is 9. The topological polar surface area (TPSA) is 236 Å². The number of ketones is 1. The van der Waals surface area contributed by atoms with E-state index in [1.165, 1.54) is 19.1 Å². The van der Waals surface area contributed by atoms with Crippen LogP contribution in [0.25, 0.3) is 0 Å². The number of ether oxygens (including phenoxy) is 4. The molecule has 41 heavy (non-hydrogen) atoms. The summed E-state index contributed by atoms with van der Waals surface area (Å²) in [5, 5.41) is 91.5. The van der Waals surface area contributed by atoms with Crippen molar-refractivity contribution in [1.82, 2.24) is 0 Å². The molecule has 0 aromatic heterocycles. The number of benzene rings is 2. The fourth-order valence-corrected chi connectivity index (χ4v) is 4.70. The number of carbonyl (C=O) groups is 1. The first-order valence-corrected chi connectivity index (χ1v) is 12.9. The van der Waals surface area contributed by atoms with Gasteiger partial charge in [-0.2, -0.15) is 0 Å². The molecule has 2 aromatic carbocycles. The molecule has 10 atom stereocenters. The monoisotopic (exact) mass is 582 g/mol. The fraction of sp³-hybridized carbons (Fsp3) is 0.519. The molecular weight excluding hydrogens is 548 g/mol. The van der Waals surface area contributed by atoms with E-state index in [0.717, 1.165) is 17.7 Å². The van der Waals surface area contributed by atoms with E-state index in [1.54, 1.807) is 12.1 Å². The molecule has 0 spiro atoms. The second-order valence-corrected chi connectivity index (χ2v) is 10.0. The third kappa shape index (κ3) is 6.72. The summed E-state index contributed by atoms with van der Waals surface area (Å²) < 4.78 is 22.2. The van der Waals surface area contributed by atoms with Crippen molar-refractivity contribution in [3.63, 3.8) is 0 Å². The van der Waals surface area contributed by atoms with Gasteiger partial charge in [-0.3, -0.25) is 4.79 Å². The van der Waals surface area contributed by atoms with E-state index in [0.29, 0.717) is 0 Å². The zero-order chi connectivity index (χ0) is 30.0. The fourth-order valence-electron chi connectivity index (χ4n) is 4.70. The Morgan fingerprint density at radius 2 is 1.46 bits per heavy atom. The van der Waals surface area contributed by atoms with E-state index < -0.39 is 85.3 Å². The Morgan fingerprint density at radius 1 is 0.829 bits per heavy atom. The normalized spacial score (nSPS) is 33.8. The van der Waals surface area contributed by atoms with Gasteiger partial charge in [0.15, 0.2) is 18.2 Å². The molecule has 0 unspecified atom stereocenters. The van der Waals surface area contributed by atoms with Crippen LogP contribution in [0.5, 0.6) is 23.0 Å². The molecule has 0 bridgehead atoms. The summed E-state index contributed by atoms with van der Waals surface area (Å²) in [4.78, 5) is 12.7. The van der Waals surface area contributed by atoms with E-state index in [-0.39, 0.29) is 29.9 Å². The summed E-state index contributed by atoms with van der Waals surface area (Å²) >= 11 is 0. The Bertz CT molecular complexity index is 1170. The van der Waals surface area contributed by atoms with Gasteiger partial charge in [-0.05, 0) is 31.0 Å². The van der Waals surface area contributed by atoms with Crippen LogP contribution < -0.4 is 4.74 Å². The molecule has 226 valence electrons. The Morgan fingerprint density at radius 3 is 2.07 bits per heavy atom. The number of aromatic hydroxyl groups is 3. The SMILES string of the molecule is C[C@H]1O[C@H](O[C@H]2[C@@H](Oc3cc(O)c(C(=O)CCc4ccc(O)cc4)c(O)c3)O[C@H](CO)[C@@H](O)[C@@H]2O)[C@H](O)[C@H](O)[C@H]1O. The van der Waals surface area contributed by atoms with Crippen molar-refractivity contribution in [2.45, 2.75) is 81.2 Å². The zero-order valence-electron chi connectivity index (χ0n) is 21.9. The van der Waals surface area contributed by atoms with Crippen LogP contribution in [0, 0.1) is 0 Å². The van der Waals surface area contributed by atoms with Crippen molar-refractivity contribution >= 4 is 5.78 Å². The summed E-state index contributed by atoms with van der Waals surface area (Å²) in [6, 6.07) is 8.22. The lowest BCUT2D eigenvalue weighted by Crippen LogP contribution is -2.64. The van der Waals surface area contributed by atoms with Gasteiger partial charge in [-0.25, -0.2) is 0 Å². The largest absolute Gasteiger partial charge is 0.508 e. The Balaban J connectivity index is 1.52. The minimum Gasteiger partial charge on any atom is -0.508 e. The number of carbonyl (C=O) groups excluding carboxylic acids is 1. The zero-order valence-corrected chi connectivity index (χ0v) is 21.9. The molecule has 2 fully saturated rings. The van der Waals surface area contributed by atoms with Gasteiger partial charge < -0.3 is 64.9 Å². The van der Waals surface area contributed by atoms with Gasteiger partial charge in [0, 0.05) is 18.6 Å². The van der Waals surface area contributed by atoms with Crippen LogP contribution in [0.15, 0.2) is 36.4 Å². The highest BCUT2D eigenvalue weighted by Crippen LogP contribution is 2.36. The summed E-state index contributed by atoms with van der Waals surface area (Å²) in [7, 11) is 0. The maximum atomic E-state index is 12.7. The van der Waals surface area contributed by atoms with Gasteiger partial charge in [0.05, 0.1) is 12.7 Å². The minimum atomic E-state index is -1.77. The van der Waals surface area contributed by atoms with Crippen LogP contribution >= 0.6 is 0 Å². The van der Waals surface area contributed by atoms with E-state index in [9.17, 15) is 50.8 Å². The molecule has 14 nitrogen and oxygen atoms in total. The third-order valence-corrected chi connectivity index (χ3v) is 7.10. The highest BCUT2D eigenvalue weighted by Gasteiger charge is 2.51. The number of rotatable bonds is 9. The molecular formula is C27H34O14. The molecule has 4 rings (SSSR count). The van der Waals surface area contributed by atoms with Gasteiger partial charge in [0.25, 0.3) is 0 Å². The Labute approximate surface area is 234 Å². The predicted molar refractivity (Wildman–Crippen MR) is 136 cm³/mol. The second kappa shape index (κ2) is 12.9. The molecule has 2 heterocycles. The van der Waals surface area contributed by atoms with Gasteiger partial charge in [0.2, 0.25) is 6.29 Å². The molecule has 0 radical (unpaired) electrons. The average molecular weight is 583 g/mol. The van der Waals surface area contributed by atoms with Crippen molar-refractivity contribution in [3.8, 4) is 23.0 Å². The molecule has 2 aliphatic rings. The molecule has 0 saturated carbocycles. The molecule has 0 amide bonds. The Hall–Kier alpha value is -3.05. The first kappa shape index (κ1) is 30.9. The third-order valence-electron chi connectivity index (χ3n) is 7.10. The summed E-state index contributed by atoms with van der Waals surface area (Å²) in [6.07, 6.45) is -15.3. The summed E-state index contributed by atoms with van der Waals surface area (Å²) in [6.45, 7) is 0.675. The summed E-state index contributed by atoms with van der Waals surface area (Å²) in [5.41, 5.74) is 0.385. The van der Waals surface area contributed by atoms with Crippen molar-refractivity contribution in [3.05, 3.63) is 47.5 Å². The Kier molecular flexibility index (Phi) is 9.69. The van der Waals surface area contributed by atoms with E-state index in [2.05, 4.69) is 0 Å². The van der Waals surface area contributed by atoms with Crippen molar-refractivity contribution in [2.24, 2.45) is 0 Å². The van der Waals surface area contributed by atoms with Gasteiger partial charge in [0.1, 0.15) is 65.2 Å². The van der Waals surface area contributed by atoms with Crippen LogP contribution in [0.3, 0.4) is 0 Å². The standard InChI is InChI=1S/C27H34O14/c1-11-20(33)22(35)24(37)26(38-11)41-25-23(36)21(34)18(10-28)40-27(25)39-14-8-16(31)19(17(32)9-14)15(30)7-4-12-2-5-13(29)6-3-12/h2-3,5-6,8-9,11,18,20-29,31-37H,4,7,10H2,1H3/t11-,18-,20+,21-,22-,23+,24-,25-,26-,27+/m1/s1. The molecule has 2 aliphatic heterocycles. The number of phenolic OH excluding ortho intramolecular Hbond substituents is 3. The van der Waals surface area contributed by atoms with Crippen molar-refractivity contribution < 1.29 is 69.7 Å². The number of hydrogen-bond acceptors (Lipinski definition) is 14. The van der Waals surface area contributed by atoms with Crippen LogP contribution in [0.2, 0.25) is 0 Å². The lowest BCUT2D eigenvalue weighted by molar-refractivity contribution is -0.354. The number of aliphatic hydroxyl groups excluding tert-OH is 6. The van der Waals surface area contributed by atoms with E-state index >= 15 is 0 Å². The first-order chi connectivity index (χ1) is 19.4. The highest BCUT2D eigenvalue weighted by atomic mass is 16.8. The van der Waals surface area contributed by atoms with Gasteiger partial charge in [-0.15, -0.1) is 0 Å². The van der Waals surface area contributed by atoms with E-state index in [4.69, 9.17) is 18.9 Å². The second-order valence-electron chi connectivity index (χ2n) is 10.0. The van der Waals surface area contributed by atoms with Crippen LogP contribution in [0.1, 0.15) is 29.3 Å². The number of aliphatic hydroxyl groups is 6. The molecule has 0 aliphatic carbocycles. The first-order valence-electron chi connectivity index (χ1n) is 12.9. The van der Waals surface area contributed by atoms with Crippen LogP contribution in [-0.2, 0) is 20.6 Å². The number of Topliss-reactive ketones (excluding diaryl/α,β-unsaturated/α-hetero) is 1. The van der Waals surface area contributed by atoms with Crippen LogP contribution in [0.4, 0.5) is 0 Å². The highest BCUT2D eigenvalue weighted by molar-refractivity contribution is 6.01. The quantitative estimate of drug-likeness (QED) is 0.156. The van der Waals surface area contributed by atoms with Crippen molar-refractivity contribution in [1.29, 1.82) is 0 Å². The predicted octanol–water partition coefficient (Wildman–Crippen LogP) is -1.35. The van der Waals surface area contributed by atoms with Crippen molar-refractivity contribution in [2.75, 3.05) is 6.61 Å². The van der Waals surface area contributed by atoms with Crippen LogP contribution in [-0.4, -0.2) is 120 Å². The summed E-state index contributed by atoms with van der Waals surface area (Å²) in [5.74, 6) is -2.00. The maximum Gasteiger partial charge on any atom is 0.229 e. The number of phenols is 3. The lowest BCUT2D eigenvalue weighted by Gasteiger charge is -2.45. The van der Waals surface area contributed by atoms with Gasteiger partial charge >= 0.3 is 0 Å².